The second-order valence-corrected chi connectivity index (χ2v) is 19.1. The molecule has 438 valence electrons. The van der Waals surface area contributed by atoms with Crippen LogP contribution in [0.5, 0.6) is 17.2 Å². The van der Waals surface area contributed by atoms with Crippen molar-refractivity contribution in [2.75, 3.05) is 84.6 Å². The number of ether oxygens (including phenoxy) is 13. The van der Waals surface area contributed by atoms with Gasteiger partial charge in [-0.2, -0.15) is 0 Å². The average molecular weight is 1180 g/mol. The minimum atomic E-state index is -2.01. The molecule has 0 saturated heterocycles. The Morgan fingerprint density at radius 3 is 1.32 bits per heavy atom. The van der Waals surface area contributed by atoms with E-state index in [0.717, 1.165) is 32.6 Å². The van der Waals surface area contributed by atoms with Crippen LogP contribution >= 0.6 is 23.2 Å². The molecule has 1 heterocycles. The van der Waals surface area contributed by atoms with Crippen molar-refractivity contribution in [3.05, 3.63) is 78.8 Å². The Morgan fingerprint density at radius 1 is 0.519 bits per heavy atom. The van der Waals surface area contributed by atoms with Crippen LogP contribution < -0.4 is 19.1 Å². The van der Waals surface area contributed by atoms with Gasteiger partial charge >= 0.3 is 65.7 Å². The summed E-state index contributed by atoms with van der Waals surface area (Å²) in [5.74, 6) is -9.42. The number of hydrogen-bond donors (Lipinski definition) is 0. The van der Waals surface area contributed by atoms with Crippen molar-refractivity contribution in [2.45, 2.75) is 80.3 Å². The standard InChI is InChI=1S/C53H58Cl2N2O24/c1-27-47-37(16-39(54)49(27)79-33(7)62)53(38-17-40(55)50(80-34(8)63)28(2)48(38)52(47,9)10)36-18-42(70-14-13-69-12-11-56(19-43(64)75-23-71-29(3)58)20-44(65)76-24-72-30(4)59)41(15-35(36)51(68)81-53)57(21-45(66)77-25-73-31(5)60)22-46(67)78-26-74-32(6)61/h15-18H,11-14,19-26H2,1-10H3. The van der Waals surface area contributed by atoms with E-state index in [1.165, 1.54) is 43.0 Å². The summed E-state index contributed by atoms with van der Waals surface area (Å²) < 4.78 is 69.1. The molecule has 81 heavy (non-hydrogen) atoms. The number of nitrogens with zero attached hydrogens (tertiary/aromatic N) is 2. The van der Waals surface area contributed by atoms with Crippen LogP contribution in [0.2, 0.25) is 10.0 Å². The van der Waals surface area contributed by atoms with Crippen LogP contribution in [0.25, 0.3) is 0 Å². The molecule has 1 aliphatic carbocycles. The quantitative estimate of drug-likeness (QED) is 0.0355. The van der Waals surface area contributed by atoms with Crippen molar-refractivity contribution in [2.24, 2.45) is 0 Å². The minimum absolute atomic E-state index is 0.00340. The van der Waals surface area contributed by atoms with Crippen molar-refractivity contribution in [1.82, 2.24) is 4.90 Å². The largest absolute Gasteiger partial charge is 0.489 e. The summed E-state index contributed by atoms with van der Waals surface area (Å²) in [6.45, 7) is 7.10. The van der Waals surface area contributed by atoms with Gasteiger partial charge in [-0.15, -0.1) is 0 Å². The van der Waals surface area contributed by atoms with Gasteiger partial charge in [-0.1, -0.05) is 37.0 Å². The summed E-state index contributed by atoms with van der Waals surface area (Å²) in [4.78, 5) is 140. The molecular weight excluding hydrogens is 1120 g/mol. The predicted octanol–water partition coefficient (Wildman–Crippen LogP) is 4.32. The molecule has 0 amide bonds. The van der Waals surface area contributed by atoms with Crippen LogP contribution in [-0.2, 0) is 106 Å². The first-order chi connectivity index (χ1) is 38.1. The number of hydrogen-bond acceptors (Lipinski definition) is 26. The van der Waals surface area contributed by atoms with Gasteiger partial charge in [0.25, 0.3) is 0 Å². The van der Waals surface area contributed by atoms with E-state index in [-0.39, 0.29) is 81.6 Å². The molecular formula is C53H58Cl2N2O24. The average Bonchev–Trinajstić information content (AvgIpc) is 2.46. The molecule has 3 aromatic carbocycles. The lowest BCUT2D eigenvalue weighted by Crippen LogP contribution is -2.43. The smallest absolute Gasteiger partial charge is 0.340 e. The molecule has 28 heteroatoms. The van der Waals surface area contributed by atoms with E-state index in [4.69, 9.17) is 75.3 Å². The van der Waals surface area contributed by atoms with Gasteiger partial charge in [-0.05, 0) is 60.4 Å². The molecule has 0 fully saturated rings. The highest BCUT2D eigenvalue weighted by molar-refractivity contribution is 6.33. The van der Waals surface area contributed by atoms with Crippen molar-refractivity contribution in [1.29, 1.82) is 0 Å². The number of esters is 11. The van der Waals surface area contributed by atoms with Crippen molar-refractivity contribution >= 4 is 94.6 Å². The zero-order valence-corrected chi connectivity index (χ0v) is 47.3. The number of halogens is 2. The van der Waals surface area contributed by atoms with Gasteiger partial charge in [0.05, 0.1) is 47.6 Å². The molecule has 0 aromatic heterocycles. The van der Waals surface area contributed by atoms with Crippen LogP contribution in [0, 0.1) is 13.8 Å². The van der Waals surface area contributed by atoms with Gasteiger partial charge in [-0.25, -0.2) is 4.79 Å². The van der Waals surface area contributed by atoms with Gasteiger partial charge in [0.1, 0.15) is 25.4 Å². The highest BCUT2D eigenvalue weighted by Crippen LogP contribution is 2.62. The molecule has 0 radical (unpaired) electrons. The molecule has 0 N–H and O–H groups in total. The van der Waals surface area contributed by atoms with Gasteiger partial charge in [0, 0.05) is 70.2 Å². The molecule has 1 aliphatic heterocycles. The van der Waals surface area contributed by atoms with E-state index in [9.17, 15) is 52.7 Å². The van der Waals surface area contributed by atoms with Gasteiger partial charge in [-0.3, -0.25) is 52.8 Å². The van der Waals surface area contributed by atoms with Gasteiger partial charge < -0.3 is 66.5 Å². The van der Waals surface area contributed by atoms with Crippen molar-refractivity contribution in [3.63, 3.8) is 0 Å². The second kappa shape index (κ2) is 27.9. The third-order valence-corrected chi connectivity index (χ3v) is 12.6. The first kappa shape index (κ1) is 63.8. The van der Waals surface area contributed by atoms with E-state index < -0.39 is 130 Å². The lowest BCUT2D eigenvalue weighted by atomic mass is 9.59. The maximum atomic E-state index is 14.8. The van der Waals surface area contributed by atoms with E-state index in [2.05, 4.69) is 9.47 Å². The maximum absolute atomic E-state index is 14.8. The molecule has 0 unspecified atom stereocenters. The van der Waals surface area contributed by atoms with Crippen molar-refractivity contribution in [3.8, 4) is 17.2 Å². The first-order valence-electron chi connectivity index (χ1n) is 24.4. The number of fused-ring (bicyclic) bond motifs is 6. The van der Waals surface area contributed by atoms with Crippen LogP contribution in [0.3, 0.4) is 0 Å². The number of rotatable bonds is 26. The summed E-state index contributed by atoms with van der Waals surface area (Å²) in [6, 6.07) is 5.63. The number of carbonyl (C=O) groups excluding carboxylic acids is 11. The number of anilines is 1. The van der Waals surface area contributed by atoms with Crippen LogP contribution in [0.1, 0.15) is 105 Å². The summed E-state index contributed by atoms with van der Waals surface area (Å²) in [5.41, 5.74) is -1.12. The summed E-state index contributed by atoms with van der Waals surface area (Å²) in [5, 5.41) is -0.118. The minimum Gasteiger partial charge on any atom is -0.489 e. The van der Waals surface area contributed by atoms with Gasteiger partial charge in [0.2, 0.25) is 27.2 Å². The second-order valence-electron chi connectivity index (χ2n) is 18.3. The molecule has 26 nitrogen and oxygen atoms in total. The molecule has 5 rings (SSSR count). The van der Waals surface area contributed by atoms with Crippen LogP contribution in [0.15, 0.2) is 24.3 Å². The lowest BCUT2D eigenvalue weighted by Gasteiger charge is -2.46. The normalized spacial score (nSPS) is 13.0. The third kappa shape index (κ3) is 16.1. The third-order valence-electron chi connectivity index (χ3n) is 12.0. The van der Waals surface area contributed by atoms with E-state index in [0.29, 0.717) is 22.3 Å². The van der Waals surface area contributed by atoms with Crippen LogP contribution in [0.4, 0.5) is 5.69 Å². The Labute approximate surface area is 473 Å². The summed E-state index contributed by atoms with van der Waals surface area (Å²) in [7, 11) is 0. The molecule has 1 spiro atoms. The summed E-state index contributed by atoms with van der Waals surface area (Å²) in [6.07, 6.45) is 0. The monoisotopic (exact) mass is 1180 g/mol. The topological polar surface area (TPSA) is 314 Å². The zero-order valence-electron chi connectivity index (χ0n) is 45.7. The molecule has 0 saturated carbocycles. The fourth-order valence-corrected chi connectivity index (χ4v) is 9.63. The van der Waals surface area contributed by atoms with E-state index in [1.807, 2.05) is 13.8 Å². The Kier molecular flexibility index (Phi) is 21.9. The fraction of sp³-hybridized carbons (Fsp3) is 0.453. The van der Waals surface area contributed by atoms with E-state index in [1.54, 1.807) is 13.8 Å². The predicted molar refractivity (Wildman–Crippen MR) is 275 cm³/mol. The Morgan fingerprint density at radius 2 is 0.926 bits per heavy atom. The lowest BCUT2D eigenvalue weighted by molar-refractivity contribution is -0.170. The molecule has 0 atom stereocenters. The Hall–Kier alpha value is -8.07. The Bertz CT molecular complexity index is 2860. The maximum Gasteiger partial charge on any atom is 0.340 e. The zero-order chi connectivity index (χ0) is 60.1. The molecule has 2 aliphatic rings. The first-order valence-corrected chi connectivity index (χ1v) is 25.1. The van der Waals surface area contributed by atoms with Crippen molar-refractivity contribution < 1.29 is 114 Å². The number of carbonyl (C=O) groups is 11. The SMILES string of the molecule is CC(=O)OCOC(=O)CN(CCOCCOc1cc2c(cc1N(CC(=O)OCOC(C)=O)CC(=O)OCOC(C)=O)C(=O)OC21c2cc(Cl)c(OC(C)=O)c(C)c2C(C)(C)c2c1cc(Cl)c(OC(C)=O)c2C)CC(=O)OCOC(C)=O. The molecule has 0 bridgehead atoms. The summed E-state index contributed by atoms with van der Waals surface area (Å²) >= 11 is 13.9. The Balaban J connectivity index is 1.67. The van der Waals surface area contributed by atoms with Crippen LogP contribution in [-0.4, -0.2) is 150 Å². The number of benzene rings is 3. The fourth-order valence-electron chi connectivity index (χ4n) is 9.05. The highest BCUT2D eigenvalue weighted by Gasteiger charge is 2.58. The molecule has 3 aromatic rings. The highest BCUT2D eigenvalue weighted by atomic mass is 35.5. The van der Waals surface area contributed by atoms with Gasteiger partial charge in [0.15, 0.2) is 17.1 Å². The van der Waals surface area contributed by atoms with E-state index >= 15 is 0 Å².